The predicted molar refractivity (Wildman–Crippen MR) is 93.9 cm³/mol. The van der Waals surface area contributed by atoms with Crippen LogP contribution < -0.4 is 4.90 Å². The first-order chi connectivity index (χ1) is 11.6. The Balaban J connectivity index is 1.88. The zero-order valence-electron chi connectivity index (χ0n) is 14.5. The van der Waals surface area contributed by atoms with Crippen LogP contribution in [0.4, 0.5) is 5.82 Å². The normalized spacial score (nSPS) is 17.6. The topological polar surface area (TPSA) is 55.3 Å². The van der Waals surface area contributed by atoms with E-state index >= 15 is 0 Å². The van der Waals surface area contributed by atoms with Gasteiger partial charge >= 0.3 is 5.97 Å². The van der Waals surface area contributed by atoms with Crippen molar-refractivity contribution < 1.29 is 9.53 Å². The van der Waals surface area contributed by atoms with E-state index in [1.807, 2.05) is 13.0 Å². The third-order valence-corrected chi connectivity index (χ3v) is 4.45. The molecule has 1 saturated heterocycles. The van der Waals surface area contributed by atoms with E-state index in [2.05, 4.69) is 46.1 Å². The fraction of sp³-hybridized carbons (Fsp3) is 0.421. The molecule has 0 amide bonds. The number of anilines is 1. The van der Waals surface area contributed by atoms with Crippen molar-refractivity contribution >= 4 is 11.8 Å². The second-order valence-corrected chi connectivity index (χ2v) is 6.33. The first-order valence-corrected chi connectivity index (χ1v) is 8.32. The van der Waals surface area contributed by atoms with Crippen LogP contribution in [-0.2, 0) is 9.53 Å². The molecule has 5 nitrogen and oxygen atoms in total. The van der Waals surface area contributed by atoms with Crippen molar-refractivity contribution in [2.45, 2.75) is 26.7 Å². The van der Waals surface area contributed by atoms with Gasteiger partial charge < -0.3 is 9.64 Å². The molecule has 0 N–H and O–H groups in total. The number of esters is 1. The Hall–Kier alpha value is -2.43. The highest BCUT2D eigenvalue weighted by atomic mass is 16.5. The zero-order valence-corrected chi connectivity index (χ0v) is 14.5. The molecule has 1 aliphatic rings. The highest BCUT2D eigenvalue weighted by molar-refractivity contribution is 5.73. The molecule has 1 aliphatic heterocycles. The third-order valence-electron chi connectivity index (χ3n) is 4.45. The lowest BCUT2D eigenvalue weighted by atomic mass is 9.98. The number of ether oxygens (including phenoxy) is 1. The van der Waals surface area contributed by atoms with E-state index in [9.17, 15) is 4.79 Å². The molecule has 2 heterocycles. The van der Waals surface area contributed by atoms with E-state index in [1.54, 1.807) is 0 Å². The van der Waals surface area contributed by atoms with Gasteiger partial charge in [-0.2, -0.15) is 0 Å². The lowest BCUT2D eigenvalue weighted by Crippen LogP contribution is -2.39. The van der Waals surface area contributed by atoms with Crippen LogP contribution in [0.15, 0.2) is 30.3 Å². The third kappa shape index (κ3) is 3.55. The van der Waals surface area contributed by atoms with E-state index in [4.69, 9.17) is 4.74 Å². The molecule has 1 aromatic carbocycles. The molecule has 0 aliphatic carbocycles. The van der Waals surface area contributed by atoms with Crippen molar-refractivity contribution in [1.82, 2.24) is 9.97 Å². The standard InChI is InChI=1S/C19H23N3O2/c1-13-6-8-15(9-7-13)17-11-18(21-14(2)20-17)22-10-4-5-16(12-22)19(23)24-3/h6-9,11,16H,4-5,10,12H2,1-3H3. The molecule has 3 rings (SSSR count). The highest BCUT2D eigenvalue weighted by Crippen LogP contribution is 2.26. The van der Waals surface area contributed by atoms with Crippen molar-refractivity contribution in [3.05, 3.63) is 41.7 Å². The van der Waals surface area contributed by atoms with Gasteiger partial charge in [0.25, 0.3) is 0 Å². The van der Waals surface area contributed by atoms with Gasteiger partial charge in [-0.15, -0.1) is 0 Å². The van der Waals surface area contributed by atoms with Gasteiger partial charge in [0.1, 0.15) is 11.6 Å². The van der Waals surface area contributed by atoms with Crippen LogP contribution in [0, 0.1) is 19.8 Å². The lowest BCUT2D eigenvalue weighted by molar-refractivity contribution is -0.145. The van der Waals surface area contributed by atoms with Gasteiger partial charge in [0.15, 0.2) is 0 Å². The molecule has 0 spiro atoms. The maximum Gasteiger partial charge on any atom is 0.310 e. The Kier molecular flexibility index (Phi) is 4.79. The molecule has 0 saturated carbocycles. The molecule has 24 heavy (non-hydrogen) atoms. The fourth-order valence-corrected chi connectivity index (χ4v) is 3.13. The van der Waals surface area contributed by atoms with Crippen molar-refractivity contribution in [3.8, 4) is 11.3 Å². The summed E-state index contributed by atoms with van der Waals surface area (Å²) in [6.45, 7) is 5.53. The van der Waals surface area contributed by atoms with Gasteiger partial charge in [-0.3, -0.25) is 4.79 Å². The quantitative estimate of drug-likeness (QED) is 0.812. The van der Waals surface area contributed by atoms with Gasteiger partial charge in [0, 0.05) is 24.7 Å². The minimum Gasteiger partial charge on any atom is -0.469 e. The number of carbonyl (C=O) groups excluding carboxylic acids is 1. The Labute approximate surface area is 142 Å². The van der Waals surface area contributed by atoms with Crippen molar-refractivity contribution in [2.75, 3.05) is 25.1 Å². The van der Waals surface area contributed by atoms with Crippen LogP contribution in [0.2, 0.25) is 0 Å². The van der Waals surface area contributed by atoms with E-state index in [0.717, 1.165) is 42.3 Å². The molecule has 5 heteroatoms. The lowest BCUT2D eigenvalue weighted by Gasteiger charge is -2.32. The van der Waals surface area contributed by atoms with E-state index in [0.29, 0.717) is 6.54 Å². The second-order valence-electron chi connectivity index (χ2n) is 6.33. The molecule has 1 aromatic heterocycles. The van der Waals surface area contributed by atoms with Crippen molar-refractivity contribution in [3.63, 3.8) is 0 Å². The molecule has 0 radical (unpaired) electrons. The van der Waals surface area contributed by atoms with Crippen LogP contribution in [-0.4, -0.2) is 36.1 Å². The number of aryl methyl sites for hydroxylation is 2. The van der Waals surface area contributed by atoms with Gasteiger partial charge in [-0.25, -0.2) is 9.97 Å². The maximum atomic E-state index is 11.8. The fourth-order valence-electron chi connectivity index (χ4n) is 3.13. The van der Waals surface area contributed by atoms with Crippen LogP contribution in [0.3, 0.4) is 0 Å². The van der Waals surface area contributed by atoms with E-state index < -0.39 is 0 Å². The van der Waals surface area contributed by atoms with E-state index in [-0.39, 0.29) is 11.9 Å². The summed E-state index contributed by atoms with van der Waals surface area (Å²) in [6.07, 6.45) is 1.83. The number of hydrogen-bond donors (Lipinski definition) is 0. The van der Waals surface area contributed by atoms with Crippen LogP contribution in [0.25, 0.3) is 11.3 Å². The SMILES string of the molecule is COC(=O)C1CCCN(c2cc(-c3ccc(C)cc3)nc(C)n2)C1. The number of methoxy groups -OCH3 is 1. The monoisotopic (exact) mass is 325 g/mol. The summed E-state index contributed by atoms with van der Waals surface area (Å²) >= 11 is 0. The molecule has 2 aromatic rings. The molecular formula is C19H23N3O2. The van der Waals surface area contributed by atoms with Crippen molar-refractivity contribution in [1.29, 1.82) is 0 Å². The number of hydrogen-bond acceptors (Lipinski definition) is 5. The Bertz CT molecular complexity index is 728. The average Bonchev–Trinajstić information content (AvgIpc) is 2.61. The smallest absolute Gasteiger partial charge is 0.310 e. The average molecular weight is 325 g/mol. The first-order valence-electron chi connectivity index (χ1n) is 8.32. The predicted octanol–water partition coefficient (Wildman–Crippen LogP) is 3.15. The largest absolute Gasteiger partial charge is 0.469 e. The minimum atomic E-state index is -0.135. The van der Waals surface area contributed by atoms with E-state index in [1.165, 1.54) is 12.7 Å². The van der Waals surface area contributed by atoms with Gasteiger partial charge in [0.05, 0.1) is 18.7 Å². The summed E-state index contributed by atoms with van der Waals surface area (Å²) in [6, 6.07) is 10.3. The first kappa shape index (κ1) is 16.4. The maximum absolute atomic E-state index is 11.8. The minimum absolute atomic E-state index is 0.0816. The summed E-state index contributed by atoms with van der Waals surface area (Å²) in [7, 11) is 1.45. The highest BCUT2D eigenvalue weighted by Gasteiger charge is 2.27. The summed E-state index contributed by atoms with van der Waals surface area (Å²) in [5.41, 5.74) is 3.22. The Morgan fingerprint density at radius 2 is 1.96 bits per heavy atom. The number of piperidine rings is 1. The summed E-state index contributed by atoms with van der Waals surface area (Å²) in [5, 5.41) is 0. The Morgan fingerprint density at radius 1 is 1.21 bits per heavy atom. The summed E-state index contributed by atoms with van der Waals surface area (Å²) in [5.74, 6) is 1.40. The number of aromatic nitrogens is 2. The molecular weight excluding hydrogens is 302 g/mol. The van der Waals surface area contributed by atoms with Crippen LogP contribution in [0.1, 0.15) is 24.2 Å². The number of benzene rings is 1. The molecule has 1 unspecified atom stereocenters. The molecule has 1 atom stereocenters. The van der Waals surface area contributed by atoms with Crippen molar-refractivity contribution in [2.24, 2.45) is 5.92 Å². The van der Waals surface area contributed by atoms with Gasteiger partial charge in [0.2, 0.25) is 0 Å². The zero-order chi connectivity index (χ0) is 17.1. The van der Waals surface area contributed by atoms with Gasteiger partial charge in [-0.1, -0.05) is 29.8 Å². The number of carbonyl (C=O) groups is 1. The summed E-state index contributed by atoms with van der Waals surface area (Å²) in [4.78, 5) is 23.2. The number of nitrogens with zero attached hydrogens (tertiary/aromatic N) is 3. The second kappa shape index (κ2) is 6.99. The molecule has 0 bridgehead atoms. The molecule has 1 fully saturated rings. The number of rotatable bonds is 3. The molecule has 126 valence electrons. The Morgan fingerprint density at radius 3 is 2.67 bits per heavy atom. The van der Waals surface area contributed by atoms with Gasteiger partial charge in [-0.05, 0) is 26.7 Å². The summed E-state index contributed by atoms with van der Waals surface area (Å²) < 4.78 is 4.90. The van der Waals surface area contributed by atoms with Crippen LogP contribution in [0.5, 0.6) is 0 Å². The van der Waals surface area contributed by atoms with Crippen LogP contribution >= 0.6 is 0 Å².